The molecule has 34 heavy (non-hydrogen) atoms. The zero-order chi connectivity index (χ0) is 25.1. The normalized spacial score (nSPS) is 12.4. The lowest BCUT2D eigenvalue weighted by Crippen LogP contribution is -2.53. The van der Waals surface area contributed by atoms with Crippen LogP contribution < -0.4 is 16.4 Å². The zero-order valence-electron chi connectivity index (χ0n) is 18.1. The molecule has 12 nitrogen and oxygen atoms in total. The maximum Gasteiger partial charge on any atom is 0.303 e. The fraction of sp³-hybridized carbons (Fsp3) is 0.381. The van der Waals surface area contributed by atoms with Gasteiger partial charge in [0.1, 0.15) is 17.8 Å². The van der Waals surface area contributed by atoms with Crippen molar-refractivity contribution in [3.05, 3.63) is 35.2 Å². The van der Waals surface area contributed by atoms with Gasteiger partial charge in [-0.3, -0.25) is 24.0 Å². The van der Waals surface area contributed by atoms with E-state index in [1.807, 2.05) is 29.6 Å². The number of aliphatic carboxylic acids is 2. The molecular weight excluding hydrogens is 466 g/mol. The van der Waals surface area contributed by atoms with Crippen molar-refractivity contribution in [2.24, 2.45) is 5.73 Å². The molecule has 0 aliphatic rings. The molecule has 0 fully saturated rings. The quantitative estimate of drug-likeness (QED) is 0.247. The first-order chi connectivity index (χ1) is 16.2. The van der Waals surface area contributed by atoms with Gasteiger partial charge in [-0.05, 0) is 36.4 Å². The van der Waals surface area contributed by atoms with Gasteiger partial charge in [-0.15, -0.1) is 5.10 Å². The first-order valence-corrected chi connectivity index (χ1v) is 11.2. The number of aromatic nitrogens is 2. The van der Waals surface area contributed by atoms with Gasteiger partial charge in [-0.1, -0.05) is 28.8 Å². The van der Waals surface area contributed by atoms with Crippen molar-refractivity contribution in [2.75, 3.05) is 0 Å². The number of primary amides is 1. The van der Waals surface area contributed by atoms with Gasteiger partial charge in [0, 0.05) is 30.2 Å². The number of amides is 3. The van der Waals surface area contributed by atoms with Crippen molar-refractivity contribution < 1.29 is 34.2 Å². The van der Waals surface area contributed by atoms with E-state index in [1.54, 1.807) is 0 Å². The third-order valence-corrected chi connectivity index (χ3v) is 5.36. The van der Waals surface area contributed by atoms with Gasteiger partial charge < -0.3 is 26.6 Å². The highest BCUT2D eigenvalue weighted by Crippen LogP contribution is 2.18. The molecule has 0 saturated heterocycles. The molecule has 2 aromatic rings. The summed E-state index contributed by atoms with van der Waals surface area (Å²) in [5.74, 6) is -4.58. The van der Waals surface area contributed by atoms with Crippen molar-refractivity contribution >= 4 is 41.2 Å². The standard InChI is InChI=1S/C21H25N5O7S/c22-20(32)14(6-9-18(28)29)24-21(33)15(7-10-19(30)31)23-17(27)8-3-12-1-4-13(5-2-12)16-11-34-26-25-16/h1-2,4-5,11,14-15H,3,6-10H2,(H2,22,32)(H,23,27)(H,24,33)(H,28,29)(H,30,31)/t14-,15-/m0/s1. The third kappa shape index (κ3) is 8.94. The fourth-order valence-electron chi connectivity index (χ4n) is 3.02. The molecule has 182 valence electrons. The van der Waals surface area contributed by atoms with E-state index in [-0.39, 0.29) is 19.3 Å². The van der Waals surface area contributed by atoms with Gasteiger partial charge in [0.25, 0.3) is 0 Å². The Hall–Kier alpha value is -3.87. The van der Waals surface area contributed by atoms with Crippen LogP contribution in [0.5, 0.6) is 0 Å². The molecule has 6 N–H and O–H groups in total. The van der Waals surface area contributed by atoms with E-state index in [0.717, 1.165) is 16.8 Å². The Morgan fingerprint density at radius 2 is 1.53 bits per heavy atom. The minimum Gasteiger partial charge on any atom is -0.481 e. The molecule has 0 radical (unpaired) electrons. The lowest BCUT2D eigenvalue weighted by Gasteiger charge is -2.21. The topological polar surface area (TPSA) is 202 Å². The summed E-state index contributed by atoms with van der Waals surface area (Å²) in [6.45, 7) is 0. The summed E-state index contributed by atoms with van der Waals surface area (Å²) >= 11 is 1.24. The van der Waals surface area contributed by atoms with Crippen LogP contribution >= 0.6 is 11.5 Å². The van der Waals surface area contributed by atoms with Crippen LogP contribution in [-0.2, 0) is 30.4 Å². The molecule has 2 atom stereocenters. The summed E-state index contributed by atoms with van der Waals surface area (Å²) in [4.78, 5) is 58.3. The van der Waals surface area contributed by atoms with Crippen molar-refractivity contribution in [1.29, 1.82) is 0 Å². The SMILES string of the molecule is NC(=O)[C@H](CCC(=O)O)NC(=O)[C@H](CCC(=O)O)NC(=O)CCc1ccc(-c2csnn2)cc1. The molecule has 13 heteroatoms. The average Bonchev–Trinajstić information content (AvgIpc) is 3.32. The molecule has 0 aliphatic heterocycles. The van der Waals surface area contributed by atoms with Crippen molar-refractivity contribution in [3.8, 4) is 11.3 Å². The number of hydrogen-bond donors (Lipinski definition) is 5. The molecular formula is C21H25N5O7S. The van der Waals surface area contributed by atoms with Gasteiger partial charge in [0.05, 0.1) is 0 Å². The van der Waals surface area contributed by atoms with Crippen LogP contribution in [0.25, 0.3) is 11.3 Å². The van der Waals surface area contributed by atoms with Crippen LogP contribution in [0.1, 0.15) is 37.7 Å². The number of rotatable bonds is 14. The van der Waals surface area contributed by atoms with Crippen LogP contribution in [0.15, 0.2) is 29.6 Å². The maximum absolute atomic E-state index is 12.6. The second-order valence-electron chi connectivity index (χ2n) is 7.44. The average molecular weight is 492 g/mol. The number of carbonyl (C=O) groups excluding carboxylic acids is 3. The lowest BCUT2D eigenvalue weighted by molar-refractivity contribution is -0.139. The van der Waals surface area contributed by atoms with Gasteiger partial charge in [-0.2, -0.15) is 0 Å². The van der Waals surface area contributed by atoms with E-state index < -0.39 is 54.6 Å². The Bertz CT molecular complexity index is 1010. The van der Waals surface area contributed by atoms with E-state index in [4.69, 9.17) is 15.9 Å². The fourth-order valence-corrected chi connectivity index (χ4v) is 3.48. The van der Waals surface area contributed by atoms with Gasteiger partial charge in [-0.25, -0.2) is 0 Å². The summed E-state index contributed by atoms with van der Waals surface area (Å²) in [7, 11) is 0. The molecule has 0 aliphatic carbocycles. The largest absolute Gasteiger partial charge is 0.481 e. The van der Waals surface area contributed by atoms with Crippen molar-refractivity contribution in [2.45, 2.75) is 50.6 Å². The van der Waals surface area contributed by atoms with Crippen LogP contribution in [0.3, 0.4) is 0 Å². The number of nitrogens with one attached hydrogen (secondary N) is 2. The monoisotopic (exact) mass is 491 g/mol. The number of nitrogens with zero attached hydrogens (tertiary/aromatic N) is 2. The van der Waals surface area contributed by atoms with Gasteiger partial charge in [0.15, 0.2) is 0 Å². The second kappa shape index (κ2) is 13.0. The Balaban J connectivity index is 1.95. The predicted molar refractivity (Wildman–Crippen MR) is 120 cm³/mol. The minimum atomic E-state index is -1.26. The third-order valence-electron chi connectivity index (χ3n) is 4.86. The van der Waals surface area contributed by atoms with Crippen molar-refractivity contribution in [1.82, 2.24) is 20.2 Å². The lowest BCUT2D eigenvalue weighted by atomic mass is 10.0. The van der Waals surface area contributed by atoms with E-state index in [0.29, 0.717) is 6.42 Å². The molecule has 1 aromatic heterocycles. The van der Waals surface area contributed by atoms with Crippen LogP contribution in [0.2, 0.25) is 0 Å². The van der Waals surface area contributed by atoms with Crippen molar-refractivity contribution in [3.63, 3.8) is 0 Å². The first kappa shape index (κ1) is 26.4. The minimum absolute atomic E-state index is 0.0344. The summed E-state index contributed by atoms with van der Waals surface area (Å²) in [5, 5.41) is 28.3. The van der Waals surface area contributed by atoms with Gasteiger partial charge in [0.2, 0.25) is 17.7 Å². The summed E-state index contributed by atoms with van der Waals surface area (Å²) < 4.78 is 3.81. The Kier molecular flexibility index (Phi) is 10.1. The molecule has 1 heterocycles. The predicted octanol–water partition coefficient (Wildman–Crippen LogP) is 0.322. The molecule has 1 aromatic carbocycles. The number of carbonyl (C=O) groups is 5. The molecule has 2 rings (SSSR count). The summed E-state index contributed by atoms with van der Waals surface area (Å²) in [6, 6.07) is 4.91. The smallest absolute Gasteiger partial charge is 0.303 e. The van der Waals surface area contributed by atoms with Crippen LogP contribution in [-0.4, -0.2) is 61.5 Å². The Morgan fingerprint density at radius 1 is 0.912 bits per heavy atom. The van der Waals surface area contributed by atoms with E-state index >= 15 is 0 Å². The van der Waals surface area contributed by atoms with E-state index in [9.17, 15) is 24.0 Å². The number of nitrogens with two attached hydrogens (primary N) is 1. The summed E-state index contributed by atoms with van der Waals surface area (Å²) in [6.07, 6.45) is -0.847. The zero-order valence-corrected chi connectivity index (χ0v) is 18.9. The first-order valence-electron chi connectivity index (χ1n) is 10.3. The summed E-state index contributed by atoms with van der Waals surface area (Å²) in [5.41, 5.74) is 7.72. The van der Waals surface area contributed by atoms with E-state index in [1.165, 1.54) is 11.5 Å². The highest BCUT2D eigenvalue weighted by molar-refractivity contribution is 7.03. The van der Waals surface area contributed by atoms with Crippen LogP contribution in [0.4, 0.5) is 0 Å². The Morgan fingerprint density at radius 3 is 2.06 bits per heavy atom. The van der Waals surface area contributed by atoms with Gasteiger partial charge >= 0.3 is 11.9 Å². The number of aryl methyl sites for hydroxylation is 1. The van der Waals surface area contributed by atoms with E-state index in [2.05, 4.69) is 20.2 Å². The number of benzene rings is 1. The second-order valence-corrected chi connectivity index (χ2v) is 8.05. The molecule has 0 saturated carbocycles. The number of carboxylic acids is 2. The number of hydrogen-bond acceptors (Lipinski definition) is 8. The molecule has 0 unspecified atom stereocenters. The molecule has 3 amide bonds. The maximum atomic E-state index is 12.6. The van der Waals surface area contributed by atoms with Crippen LogP contribution in [0, 0.1) is 0 Å². The Labute approximate surface area is 198 Å². The highest BCUT2D eigenvalue weighted by atomic mass is 32.1. The molecule has 0 bridgehead atoms. The number of carboxylic acid groups (broad SMARTS) is 2. The molecule has 0 spiro atoms. The highest BCUT2D eigenvalue weighted by Gasteiger charge is 2.26.